The lowest BCUT2D eigenvalue weighted by Crippen LogP contribution is -2.29. The molecule has 0 saturated carbocycles. The first-order valence-electron chi connectivity index (χ1n) is 8.89. The number of benzene rings is 2. The average Bonchev–Trinajstić information content (AvgIpc) is 2.65. The molecule has 0 aliphatic rings. The standard InChI is InChI=1S/C21H24Cl2N2O3/c1-13(2)9-14-10-17(22)20(18(23)11-14)28-12-15-7-5-6-8-16(15)19(25-27-4)21(26)24-3/h5-8,10-11,13H,9,12H2,1-4H3,(H,24,26)/b25-19+. The summed E-state index contributed by atoms with van der Waals surface area (Å²) in [5.41, 5.74) is 2.58. The van der Waals surface area contributed by atoms with Crippen molar-refractivity contribution in [2.75, 3.05) is 14.2 Å². The fraction of sp³-hybridized carbons (Fsp3) is 0.333. The lowest BCUT2D eigenvalue weighted by atomic mass is 10.0. The summed E-state index contributed by atoms with van der Waals surface area (Å²) in [5.74, 6) is 0.549. The molecule has 0 bridgehead atoms. The molecule has 0 aromatic heterocycles. The van der Waals surface area contributed by atoms with Gasteiger partial charge in [-0.3, -0.25) is 4.79 Å². The van der Waals surface area contributed by atoms with E-state index in [0.717, 1.165) is 17.5 Å². The summed E-state index contributed by atoms with van der Waals surface area (Å²) in [5, 5.41) is 7.32. The molecule has 0 aliphatic carbocycles. The number of oxime groups is 1. The molecule has 0 fully saturated rings. The molecule has 0 spiro atoms. The van der Waals surface area contributed by atoms with Crippen LogP contribution in [-0.2, 0) is 22.7 Å². The van der Waals surface area contributed by atoms with Crippen LogP contribution in [0.5, 0.6) is 5.75 Å². The first-order valence-corrected chi connectivity index (χ1v) is 9.65. The van der Waals surface area contributed by atoms with E-state index in [0.29, 0.717) is 27.3 Å². The number of ether oxygens (including phenoxy) is 1. The molecule has 1 N–H and O–H groups in total. The van der Waals surface area contributed by atoms with Gasteiger partial charge >= 0.3 is 0 Å². The Labute approximate surface area is 175 Å². The second-order valence-corrected chi connectivity index (χ2v) is 7.45. The maximum absolute atomic E-state index is 12.2. The largest absolute Gasteiger partial charge is 0.486 e. The molecule has 0 radical (unpaired) electrons. The van der Waals surface area contributed by atoms with Crippen LogP contribution in [-0.4, -0.2) is 25.8 Å². The fourth-order valence-electron chi connectivity index (χ4n) is 2.79. The van der Waals surface area contributed by atoms with E-state index in [2.05, 4.69) is 24.3 Å². The summed E-state index contributed by atoms with van der Waals surface area (Å²) in [6.07, 6.45) is 0.880. The van der Waals surface area contributed by atoms with Gasteiger partial charge in [0.05, 0.1) is 10.0 Å². The number of nitrogens with zero attached hydrogens (tertiary/aromatic N) is 1. The van der Waals surface area contributed by atoms with Gasteiger partial charge in [-0.25, -0.2) is 0 Å². The number of amides is 1. The number of nitrogens with one attached hydrogen (secondary N) is 1. The molecule has 0 aliphatic heterocycles. The van der Waals surface area contributed by atoms with E-state index in [-0.39, 0.29) is 18.2 Å². The van der Waals surface area contributed by atoms with E-state index in [1.807, 2.05) is 30.3 Å². The van der Waals surface area contributed by atoms with Crippen molar-refractivity contribution in [1.29, 1.82) is 0 Å². The monoisotopic (exact) mass is 422 g/mol. The van der Waals surface area contributed by atoms with Gasteiger partial charge in [-0.2, -0.15) is 0 Å². The van der Waals surface area contributed by atoms with Crippen molar-refractivity contribution in [3.05, 3.63) is 63.1 Å². The van der Waals surface area contributed by atoms with E-state index in [9.17, 15) is 4.79 Å². The molecule has 0 heterocycles. The van der Waals surface area contributed by atoms with Gasteiger partial charge in [0.15, 0.2) is 11.5 Å². The number of carbonyl (C=O) groups excluding carboxylic acids is 1. The maximum atomic E-state index is 12.2. The first kappa shape index (κ1) is 22.1. The Hall–Kier alpha value is -2.24. The highest BCUT2D eigenvalue weighted by molar-refractivity contribution is 6.45. The predicted octanol–water partition coefficient (Wildman–Crippen LogP) is 4.87. The number of carbonyl (C=O) groups is 1. The number of rotatable bonds is 8. The van der Waals surface area contributed by atoms with Crippen molar-refractivity contribution in [3.8, 4) is 5.75 Å². The van der Waals surface area contributed by atoms with Gasteiger partial charge in [-0.15, -0.1) is 0 Å². The Bertz CT molecular complexity index is 843. The lowest BCUT2D eigenvalue weighted by molar-refractivity contribution is -0.114. The van der Waals surface area contributed by atoms with Gasteiger partial charge in [0, 0.05) is 12.6 Å². The quantitative estimate of drug-likeness (QED) is 0.487. The van der Waals surface area contributed by atoms with Crippen molar-refractivity contribution in [3.63, 3.8) is 0 Å². The summed E-state index contributed by atoms with van der Waals surface area (Å²) in [6, 6.07) is 11.0. The Balaban J connectivity index is 2.29. The molecule has 0 unspecified atom stereocenters. The van der Waals surface area contributed by atoms with Crippen molar-refractivity contribution in [2.45, 2.75) is 26.9 Å². The Morgan fingerprint density at radius 2 is 1.82 bits per heavy atom. The van der Waals surface area contributed by atoms with Gasteiger partial charge in [0.2, 0.25) is 0 Å². The molecule has 2 rings (SSSR count). The van der Waals surface area contributed by atoms with Crippen LogP contribution >= 0.6 is 23.2 Å². The van der Waals surface area contributed by atoms with Crippen LogP contribution in [0.15, 0.2) is 41.6 Å². The van der Waals surface area contributed by atoms with Gasteiger partial charge in [0.25, 0.3) is 5.91 Å². The number of likely N-dealkylation sites (N-methyl/N-ethyl adjacent to an activating group) is 1. The third-order valence-corrected chi connectivity index (χ3v) is 4.53. The van der Waals surface area contributed by atoms with Crippen LogP contribution in [0.1, 0.15) is 30.5 Å². The number of halogens is 2. The van der Waals surface area contributed by atoms with Crippen molar-refractivity contribution < 1.29 is 14.4 Å². The van der Waals surface area contributed by atoms with Crippen LogP contribution in [0.3, 0.4) is 0 Å². The third-order valence-electron chi connectivity index (χ3n) is 3.97. The summed E-state index contributed by atoms with van der Waals surface area (Å²) in [7, 11) is 2.92. The summed E-state index contributed by atoms with van der Waals surface area (Å²) < 4.78 is 5.90. The number of hydrogen-bond acceptors (Lipinski definition) is 4. The molecule has 2 aromatic carbocycles. The highest BCUT2D eigenvalue weighted by Crippen LogP contribution is 2.35. The lowest BCUT2D eigenvalue weighted by Gasteiger charge is -2.15. The molecule has 5 nitrogen and oxygen atoms in total. The fourth-order valence-corrected chi connectivity index (χ4v) is 3.43. The highest BCUT2D eigenvalue weighted by Gasteiger charge is 2.18. The van der Waals surface area contributed by atoms with E-state index in [4.69, 9.17) is 32.8 Å². The van der Waals surface area contributed by atoms with Crippen molar-refractivity contribution in [2.24, 2.45) is 11.1 Å². The smallest absolute Gasteiger partial charge is 0.273 e. The molecule has 0 saturated heterocycles. The first-order chi connectivity index (χ1) is 13.4. The van der Waals surface area contributed by atoms with Crippen LogP contribution in [0.25, 0.3) is 0 Å². The number of hydrogen-bond donors (Lipinski definition) is 1. The van der Waals surface area contributed by atoms with Crippen LogP contribution in [0.2, 0.25) is 10.0 Å². The Morgan fingerprint density at radius 1 is 1.18 bits per heavy atom. The van der Waals surface area contributed by atoms with Gasteiger partial charge in [0.1, 0.15) is 13.7 Å². The van der Waals surface area contributed by atoms with Gasteiger partial charge < -0.3 is 14.9 Å². The zero-order chi connectivity index (χ0) is 20.7. The summed E-state index contributed by atoms with van der Waals surface area (Å²) in [6.45, 7) is 4.43. The van der Waals surface area contributed by atoms with Crippen LogP contribution < -0.4 is 10.1 Å². The van der Waals surface area contributed by atoms with Gasteiger partial charge in [-0.05, 0) is 35.6 Å². The summed E-state index contributed by atoms with van der Waals surface area (Å²) >= 11 is 12.8. The minimum atomic E-state index is -0.358. The Morgan fingerprint density at radius 3 is 2.39 bits per heavy atom. The third kappa shape index (κ3) is 5.63. The van der Waals surface area contributed by atoms with Crippen LogP contribution in [0, 0.1) is 5.92 Å². The molecule has 2 aromatic rings. The normalized spacial score (nSPS) is 11.5. The summed E-state index contributed by atoms with van der Waals surface area (Å²) in [4.78, 5) is 17.0. The van der Waals surface area contributed by atoms with E-state index >= 15 is 0 Å². The van der Waals surface area contributed by atoms with Gasteiger partial charge in [-0.1, -0.05) is 66.5 Å². The maximum Gasteiger partial charge on any atom is 0.273 e. The van der Waals surface area contributed by atoms with Crippen LogP contribution in [0.4, 0.5) is 0 Å². The SMILES string of the molecule is CNC(=O)/C(=N/OC)c1ccccc1COc1c(Cl)cc(CC(C)C)cc1Cl. The molecule has 1 amide bonds. The second kappa shape index (κ2) is 10.3. The molecule has 150 valence electrons. The van der Waals surface area contributed by atoms with E-state index in [1.165, 1.54) is 14.2 Å². The minimum absolute atomic E-state index is 0.161. The minimum Gasteiger partial charge on any atom is -0.486 e. The molecule has 28 heavy (non-hydrogen) atoms. The zero-order valence-electron chi connectivity index (χ0n) is 16.4. The average molecular weight is 423 g/mol. The molecular weight excluding hydrogens is 399 g/mol. The highest BCUT2D eigenvalue weighted by atomic mass is 35.5. The predicted molar refractivity (Wildman–Crippen MR) is 113 cm³/mol. The van der Waals surface area contributed by atoms with Crippen molar-refractivity contribution in [1.82, 2.24) is 5.32 Å². The molecule has 7 heteroatoms. The van der Waals surface area contributed by atoms with Crippen molar-refractivity contribution >= 4 is 34.8 Å². The topological polar surface area (TPSA) is 59.9 Å². The molecular formula is C21H24Cl2N2O3. The van der Waals surface area contributed by atoms with E-state index in [1.54, 1.807) is 6.07 Å². The second-order valence-electron chi connectivity index (χ2n) is 6.63. The van der Waals surface area contributed by atoms with E-state index < -0.39 is 0 Å². The molecule has 0 atom stereocenters. The Kier molecular flexibility index (Phi) is 8.15. The zero-order valence-corrected chi connectivity index (χ0v) is 17.9.